The standard InChI is InChI=1S/C4H14Cl2O4Si4/c1-12(2)7-11-8-13(3,4)10-14(5,6)9-12/h11H2,1-4H3. The molecule has 0 bridgehead atoms. The van der Waals surface area contributed by atoms with E-state index in [1.165, 1.54) is 0 Å². The minimum absolute atomic E-state index is 1.03. The molecule has 0 aromatic rings. The van der Waals surface area contributed by atoms with Crippen LogP contribution < -0.4 is 0 Å². The van der Waals surface area contributed by atoms with E-state index in [-0.39, 0.29) is 0 Å². The highest BCUT2D eigenvalue weighted by molar-refractivity contribution is 7.41. The molecule has 0 aromatic carbocycles. The molecule has 10 heteroatoms. The SMILES string of the molecule is C[Si]1(C)O[SiH2]O[Si](C)(C)O[Si](Cl)(Cl)O1. The Bertz CT molecular complexity index is 203. The van der Waals surface area contributed by atoms with Gasteiger partial charge < -0.3 is 16.5 Å². The summed E-state index contributed by atoms with van der Waals surface area (Å²) in [5, 5.41) is 0. The van der Waals surface area contributed by atoms with Crippen molar-refractivity contribution in [3.63, 3.8) is 0 Å². The Morgan fingerprint density at radius 3 is 1.57 bits per heavy atom. The third-order valence-corrected chi connectivity index (χ3v) is 16.7. The van der Waals surface area contributed by atoms with Gasteiger partial charge in [-0.15, -0.1) is 0 Å². The molecule has 84 valence electrons. The Labute approximate surface area is 99.0 Å². The monoisotopic (exact) mass is 308 g/mol. The molecule has 0 amide bonds. The van der Waals surface area contributed by atoms with Gasteiger partial charge in [0.25, 0.3) is 10.0 Å². The molecule has 1 aliphatic heterocycles. The van der Waals surface area contributed by atoms with E-state index in [2.05, 4.69) is 0 Å². The second-order valence-electron chi connectivity index (χ2n) is 3.87. The highest BCUT2D eigenvalue weighted by atomic mass is 35.7. The summed E-state index contributed by atoms with van der Waals surface area (Å²) in [6.07, 6.45) is 0. The van der Waals surface area contributed by atoms with Gasteiger partial charge in [-0.05, 0) is 26.2 Å². The molecule has 1 aliphatic rings. The number of hydrogen-bond donors (Lipinski definition) is 0. The zero-order chi connectivity index (χ0) is 11.0. The Balaban J connectivity index is 2.76. The topological polar surface area (TPSA) is 36.9 Å². The second kappa shape index (κ2) is 4.28. The largest absolute Gasteiger partial charge is 0.533 e. The summed E-state index contributed by atoms with van der Waals surface area (Å²) in [6, 6.07) is 0. The van der Waals surface area contributed by atoms with Gasteiger partial charge in [-0.3, -0.25) is 0 Å². The van der Waals surface area contributed by atoms with Crippen LogP contribution in [0.25, 0.3) is 0 Å². The first-order valence-corrected chi connectivity index (χ1v) is 14.8. The van der Waals surface area contributed by atoms with E-state index in [1.54, 1.807) is 0 Å². The maximum Gasteiger partial charge on any atom is 0.533 e. The van der Waals surface area contributed by atoms with Crippen LogP contribution in [0.2, 0.25) is 26.2 Å². The van der Waals surface area contributed by atoms with Crippen molar-refractivity contribution in [1.29, 1.82) is 0 Å². The van der Waals surface area contributed by atoms with Crippen LogP contribution in [0.5, 0.6) is 0 Å². The van der Waals surface area contributed by atoms with Crippen LogP contribution in [-0.4, -0.2) is 34.3 Å². The van der Waals surface area contributed by atoms with Gasteiger partial charge in [0.2, 0.25) is 0 Å². The lowest BCUT2D eigenvalue weighted by Gasteiger charge is -2.37. The molecule has 4 nitrogen and oxygen atoms in total. The van der Waals surface area contributed by atoms with Gasteiger partial charge in [-0.2, -0.15) is 0 Å². The zero-order valence-corrected chi connectivity index (χ0v) is 14.5. The summed E-state index contributed by atoms with van der Waals surface area (Å²) in [6.45, 7) is 7.55. The molecule has 0 spiro atoms. The lowest BCUT2D eigenvalue weighted by Crippen LogP contribution is -2.56. The van der Waals surface area contributed by atoms with Gasteiger partial charge in [-0.1, -0.05) is 22.2 Å². The fourth-order valence-electron chi connectivity index (χ4n) is 0.965. The average Bonchev–Trinajstić information content (AvgIpc) is 1.75. The van der Waals surface area contributed by atoms with Crippen LogP contribution in [-0.2, 0) is 16.5 Å². The van der Waals surface area contributed by atoms with Crippen molar-refractivity contribution in [2.24, 2.45) is 0 Å². The predicted molar refractivity (Wildman–Crippen MR) is 65.3 cm³/mol. The molecule has 0 aromatic heterocycles. The van der Waals surface area contributed by atoms with Crippen LogP contribution in [0.15, 0.2) is 0 Å². The van der Waals surface area contributed by atoms with Gasteiger partial charge in [0.05, 0.1) is 0 Å². The molecule has 0 N–H and O–H groups in total. The molecule has 1 rings (SSSR count). The van der Waals surface area contributed by atoms with E-state index in [4.69, 9.17) is 38.6 Å². The van der Waals surface area contributed by atoms with Gasteiger partial charge in [0.15, 0.2) is 0 Å². The summed E-state index contributed by atoms with van der Waals surface area (Å²) >= 11 is 12.0. The quantitative estimate of drug-likeness (QED) is 0.500. The van der Waals surface area contributed by atoms with Crippen molar-refractivity contribution in [2.75, 3.05) is 0 Å². The van der Waals surface area contributed by atoms with E-state index in [0.717, 1.165) is 0 Å². The third kappa shape index (κ3) is 4.43. The normalized spacial score (nSPS) is 30.4. The molecule has 0 radical (unpaired) electrons. The van der Waals surface area contributed by atoms with Gasteiger partial charge in [-0.25, -0.2) is 0 Å². The van der Waals surface area contributed by atoms with Crippen molar-refractivity contribution in [2.45, 2.75) is 26.2 Å². The lowest BCUT2D eigenvalue weighted by molar-refractivity contribution is 0.279. The van der Waals surface area contributed by atoms with E-state index in [0.29, 0.717) is 0 Å². The summed E-state index contributed by atoms with van der Waals surface area (Å²) < 4.78 is 22.3. The van der Waals surface area contributed by atoms with Crippen LogP contribution >= 0.6 is 22.2 Å². The minimum Gasteiger partial charge on any atom is -0.420 e. The van der Waals surface area contributed by atoms with E-state index in [1.807, 2.05) is 26.2 Å². The minimum atomic E-state index is -3.10. The average molecular weight is 309 g/mol. The van der Waals surface area contributed by atoms with Crippen molar-refractivity contribution in [1.82, 2.24) is 0 Å². The Hall–Kier alpha value is 1.29. The maximum absolute atomic E-state index is 6.00. The van der Waals surface area contributed by atoms with Crippen LogP contribution in [0.3, 0.4) is 0 Å². The molecule has 0 aliphatic carbocycles. The number of hydrogen-bond acceptors (Lipinski definition) is 4. The summed E-state index contributed by atoms with van der Waals surface area (Å²) in [5.41, 5.74) is 0. The predicted octanol–water partition coefficient (Wildman–Crippen LogP) is 1.38. The van der Waals surface area contributed by atoms with Gasteiger partial charge >= 0.3 is 24.3 Å². The van der Waals surface area contributed by atoms with E-state index < -0.39 is 34.3 Å². The second-order valence-corrected chi connectivity index (χ2v) is 18.1. The Kier molecular flexibility index (Phi) is 4.08. The highest BCUT2D eigenvalue weighted by Crippen LogP contribution is 2.29. The fraction of sp³-hybridized carbons (Fsp3) is 1.00. The zero-order valence-electron chi connectivity index (χ0n) is 8.60. The molecular weight excluding hydrogens is 295 g/mol. The first-order chi connectivity index (χ1) is 6.12. The number of halogens is 2. The highest BCUT2D eigenvalue weighted by Gasteiger charge is 2.49. The van der Waals surface area contributed by atoms with Crippen LogP contribution in [0, 0.1) is 0 Å². The van der Waals surface area contributed by atoms with Crippen molar-refractivity contribution >= 4 is 56.5 Å². The third-order valence-electron chi connectivity index (χ3n) is 1.54. The molecule has 0 atom stereocenters. The maximum atomic E-state index is 6.00. The van der Waals surface area contributed by atoms with Crippen molar-refractivity contribution in [3.05, 3.63) is 0 Å². The van der Waals surface area contributed by atoms with Crippen LogP contribution in [0.1, 0.15) is 0 Å². The fourth-order valence-corrected chi connectivity index (χ4v) is 17.3. The van der Waals surface area contributed by atoms with Crippen LogP contribution in [0.4, 0.5) is 0 Å². The number of rotatable bonds is 0. The molecule has 1 saturated heterocycles. The summed E-state index contributed by atoms with van der Waals surface area (Å²) in [4.78, 5) is 0. The first kappa shape index (κ1) is 13.4. The molecular formula is C4H14Cl2O4Si4. The smallest absolute Gasteiger partial charge is 0.420 e. The summed E-state index contributed by atoms with van der Waals surface area (Å²) in [5.74, 6) is 0. The van der Waals surface area contributed by atoms with Crippen molar-refractivity contribution < 1.29 is 16.5 Å². The molecule has 1 heterocycles. The first-order valence-electron chi connectivity index (χ1n) is 4.18. The summed E-state index contributed by atoms with van der Waals surface area (Å²) in [7, 11) is -8.61. The van der Waals surface area contributed by atoms with E-state index >= 15 is 0 Å². The Morgan fingerprint density at radius 2 is 1.21 bits per heavy atom. The van der Waals surface area contributed by atoms with Gasteiger partial charge in [0, 0.05) is 0 Å². The molecule has 14 heavy (non-hydrogen) atoms. The molecule has 0 saturated carbocycles. The lowest BCUT2D eigenvalue weighted by atomic mass is 11.9. The Morgan fingerprint density at radius 1 is 0.857 bits per heavy atom. The molecule has 0 unspecified atom stereocenters. The van der Waals surface area contributed by atoms with E-state index in [9.17, 15) is 0 Å². The van der Waals surface area contributed by atoms with Crippen molar-refractivity contribution in [3.8, 4) is 0 Å². The van der Waals surface area contributed by atoms with Gasteiger partial charge in [0.1, 0.15) is 0 Å². The molecule has 1 fully saturated rings.